The number of halogens is 3. The first-order valence-corrected chi connectivity index (χ1v) is 1.72. The monoisotopic (exact) mass is 572 g/mol. The molecular weight excluding hydrogens is 549 g/mol. The van der Waals surface area contributed by atoms with E-state index < -0.39 is 0 Å². The second kappa shape index (κ2) is 58.4. The zero-order chi connectivity index (χ0) is 3.54. The van der Waals surface area contributed by atoms with E-state index in [1.54, 1.807) is 0 Å². The Labute approximate surface area is 159 Å². The van der Waals surface area contributed by atoms with Crippen LogP contribution in [0.1, 0.15) is 6.42 Å². The van der Waals surface area contributed by atoms with Gasteiger partial charge in [-0.15, -0.1) is 78.4 Å². The molecule has 0 saturated heterocycles. The largest absolute Gasteiger partial charge is 0.358 e. The summed E-state index contributed by atoms with van der Waals surface area (Å²) in [5.41, 5.74) is 0. The maximum atomic E-state index is 2.99. The molecule has 0 bridgehead atoms. The summed E-state index contributed by atoms with van der Waals surface area (Å²) >= 11 is 0. The molecule has 0 unspecified atom stereocenters. The molecule has 1 rings (SSSR count). The molecule has 14 heavy (non-hydrogen) atoms. The van der Waals surface area contributed by atoms with E-state index in [0.29, 0.717) is 0 Å². The number of rotatable bonds is 0. The SMILES string of the molecule is I.I.I.[C-]1=CC=CC1.[CH3-].[CH3-].[CH3-].[CH3-].[CH3-].[Ti]. The minimum atomic E-state index is 0. The molecule has 0 aromatic carbocycles. The smallest absolute Gasteiger partial charge is 0 e. The summed E-state index contributed by atoms with van der Waals surface area (Å²) < 4.78 is 0. The van der Waals surface area contributed by atoms with E-state index in [4.69, 9.17) is 0 Å². The fourth-order valence-electron chi connectivity index (χ4n) is 0.340. The summed E-state index contributed by atoms with van der Waals surface area (Å²) in [6, 6.07) is 0. The Morgan fingerprint density at radius 3 is 1.21 bits per heavy atom. The number of hydrogen-bond donors (Lipinski definition) is 0. The van der Waals surface area contributed by atoms with Crippen LogP contribution in [-0.4, -0.2) is 0 Å². The van der Waals surface area contributed by atoms with Crippen LogP contribution in [0.3, 0.4) is 0 Å². The van der Waals surface area contributed by atoms with E-state index in [2.05, 4.69) is 12.2 Å². The summed E-state index contributed by atoms with van der Waals surface area (Å²) in [5, 5.41) is 0. The minimum absolute atomic E-state index is 0. The summed E-state index contributed by atoms with van der Waals surface area (Å²) in [4.78, 5) is 0. The standard InChI is InChI=1S/C5H5.5CH3.3HI.Ti/c1-2-4-5-3-1;;;;;;;;;/h1-3H,4H2;5*1H3;3*1H;/q6*-1;;;;. The molecule has 0 nitrogen and oxygen atoms in total. The van der Waals surface area contributed by atoms with Crippen molar-refractivity contribution in [3.8, 4) is 0 Å². The van der Waals surface area contributed by atoms with Gasteiger partial charge in [-0.2, -0.15) is 6.08 Å². The van der Waals surface area contributed by atoms with E-state index in [1.165, 1.54) is 0 Å². The van der Waals surface area contributed by atoms with Crippen molar-refractivity contribution < 1.29 is 21.7 Å². The molecule has 94 valence electrons. The molecule has 0 radical (unpaired) electrons. The Balaban J connectivity index is -0.00000000397. The van der Waals surface area contributed by atoms with Crippen LogP contribution < -0.4 is 0 Å². The third-order valence-electron chi connectivity index (χ3n) is 0.586. The molecular formula is C10H23I3Ti-6. The Bertz CT molecular complexity index is 73.4. The van der Waals surface area contributed by atoms with Crippen molar-refractivity contribution in [1.82, 2.24) is 0 Å². The van der Waals surface area contributed by atoms with Crippen LogP contribution in [0.4, 0.5) is 0 Å². The molecule has 0 aromatic rings. The molecule has 0 saturated carbocycles. The first-order chi connectivity index (χ1) is 2.50. The van der Waals surface area contributed by atoms with Crippen LogP contribution in [0.2, 0.25) is 0 Å². The van der Waals surface area contributed by atoms with E-state index >= 15 is 0 Å². The Morgan fingerprint density at radius 2 is 1.14 bits per heavy atom. The van der Waals surface area contributed by atoms with Crippen LogP contribution in [0, 0.1) is 43.2 Å². The van der Waals surface area contributed by atoms with Gasteiger partial charge < -0.3 is 37.1 Å². The molecule has 0 spiro atoms. The van der Waals surface area contributed by atoms with Gasteiger partial charge >= 0.3 is 0 Å². The van der Waals surface area contributed by atoms with E-state index in [1.807, 2.05) is 12.2 Å². The summed E-state index contributed by atoms with van der Waals surface area (Å²) in [6.07, 6.45) is 10.0. The van der Waals surface area contributed by atoms with Gasteiger partial charge in [-0.25, -0.2) is 12.2 Å². The van der Waals surface area contributed by atoms with Gasteiger partial charge in [-0.05, 0) is 0 Å². The van der Waals surface area contributed by atoms with Crippen molar-refractivity contribution in [2.45, 2.75) is 6.42 Å². The van der Waals surface area contributed by atoms with Crippen molar-refractivity contribution in [3.05, 3.63) is 61.4 Å². The summed E-state index contributed by atoms with van der Waals surface area (Å²) in [5.74, 6) is 0. The molecule has 0 amide bonds. The van der Waals surface area contributed by atoms with Gasteiger partial charge in [0.05, 0.1) is 0 Å². The fourth-order valence-corrected chi connectivity index (χ4v) is 0.340. The van der Waals surface area contributed by atoms with Crippen LogP contribution >= 0.6 is 71.9 Å². The molecule has 0 aliphatic heterocycles. The van der Waals surface area contributed by atoms with Gasteiger partial charge in [-0.1, -0.05) is 0 Å². The molecule has 4 heteroatoms. The third kappa shape index (κ3) is 47.3. The molecule has 0 heterocycles. The minimum Gasteiger partial charge on any atom is -0.358 e. The van der Waals surface area contributed by atoms with Crippen LogP contribution in [-0.2, 0) is 21.7 Å². The second-order valence-corrected chi connectivity index (χ2v) is 1.00. The molecule has 0 N–H and O–H groups in total. The van der Waals surface area contributed by atoms with E-state index in [0.717, 1.165) is 6.42 Å². The molecule has 1 aliphatic carbocycles. The first-order valence-electron chi connectivity index (χ1n) is 1.72. The number of hydrogen-bond acceptors (Lipinski definition) is 0. The van der Waals surface area contributed by atoms with E-state index in [9.17, 15) is 0 Å². The van der Waals surface area contributed by atoms with Gasteiger partial charge in [0.15, 0.2) is 0 Å². The Kier molecular flexibility index (Phi) is 297. The zero-order valence-electron chi connectivity index (χ0n) is 9.66. The van der Waals surface area contributed by atoms with Crippen molar-refractivity contribution in [2.75, 3.05) is 0 Å². The average Bonchev–Trinajstić information content (AvgIpc) is 1.76. The molecule has 0 aromatic heterocycles. The van der Waals surface area contributed by atoms with Gasteiger partial charge in [0.1, 0.15) is 0 Å². The molecule has 0 fully saturated rings. The van der Waals surface area contributed by atoms with E-state index in [-0.39, 0.29) is 131 Å². The normalized spacial score (nSPS) is 6.29. The van der Waals surface area contributed by atoms with Crippen LogP contribution in [0.15, 0.2) is 18.2 Å². The van der Waals surface area contributed by atoms with Gasteiger partial charge in [0.25, 0.3) is 0 Å². The topological polar surface area (TPSA) is 0 Å². The molecule has 1 aliphatic rings. The fraction of sp³-hybridized carbons (Fsp3) is 0.100. The molecule has 0 atom stereocenters. The van der Waals surface area contributed by atoms with Gasteiger partial charge in [-0.3, -0.25) is 6.08 Å². The maximum Gasteiger partial charge on any atom is 0 e. The average molecular weight is 572 g/mol. The predicted molar refractivity (Wildman–Crippen MR) is 99.9 cm³/mol. The summed E-state index contributed by atoms with van der Waals surface area (Å²) in [7, 11) is 0. The predicted octanol–water partition coefficient (Wildman–Crippen LogP) is 5.41. The Hall–Kier alpha value is 2.38. The zero-order valence-corrected chi connectivity index (χ0v) is 18.2. The van der Waals surface area contributed by atoms with Crippen LogP contribution in [0.5, 0.6) is 0 Å². The summed E-state index contributed by atoms with van der Waals surface area (Å²) in [6.45, 7) is 0. The van der Waals surface area contributed by atoms with Crippen molar-refractivity contribution in [1.29, 1.82) is 0 Å². The number of allylic oxidation sites excluding steroid dienone is 4. The van der Waals surface area contributed by atoms with Crippen LogP contribution in [0.25, 0.3) is 0 Å². The van der Waals surface area contributed by atoms with Gasteiger partial charge in [0, 0.05) is 21.7 Å². The van der Waals surface area contributed by atoms with Crippen molar-refractivity contribution in [3.63, 3.8) is 0 Å². The first kappa shape index (κ1) is 71.1. The maximum absolute atomic E-state index is 2.99. The van der Waals surface area contributed by atoms with Gasteiger partial charge in [0.2, 0.25) is 0 Å². The Morgan fingerprint density at radius 1 is 0.786 bits per heavy atom. The van der Waals surface area contributed by atoms with Crippen molar-refractivity contribution in [2.24, 2.45) is 0 Å². The quantitative estimate of drug-likeness (QED) is 0.207. The third-order valence-corrected chi connectivity index (χ3v) is 0.586. The second-order valence-electron chi connectivity index (χ2n) is 1.00. The van der Waals surface area contributed by atoms with Crippen molar-refractivity contribution >= 4 is 71.9 Å².